The number of hydrogen-bond donors (Lipinski definition) is 1. The molecule has 0 bridgehead atoms. The van der Waals surface area contributed by atoms with Crippen molar-refractivity contribution in [2.24, 2.45) is 0 Å². The first-order chi connectivity index (χ1) is 21.1. The Labute approximate surface area is 275 Å². The minimum absolute atomic E-state index is 0.0456. The zero-order chi connectivity index (χ0) is 33.3. The van der Waals surface area contributed by atoms with Gasteiger partial charge in [0.25, 0.3) is 5.56 Å². The number of rotatable bonds is 11. The molecule has 0 spiro atoms. The lowest BCUT2D eigenvalue weighted by Gasteiger charge is -2.22. The van der Waals surface area contributed by atoms with E-state index in [1.165, 1.54) is 11.3 Å². The highest BCUT2D eigenvalue weighted by molar-refractivity contribution is 7.23. The monoisotopic (exact) mass is 672 g/mol. The molecular formula is C34H45ClN2O6SSi. The fourth-order valence-electron chi connectivity index (χ4n) is 5.29. The molecule has 1 N–H and O–H groups in total. The molecule has 1 atom stereocenters. The summed E-state index contributed by atoms with van der Waals surface area (Å²) in [5.74, 6) is 1.19. The molecule has 0 saturated heterocycles. The van der Waals surface area contributed by atoms with E-state index in [1.807, 2.05) is 58.0 Å². The first-order valence-electron chi connectivity index (χ1n) is 15.1. The van der Waals surface area contributed by atoms with Crippen molar-refractivity contribution in [3.05, 3.63) is 56.1 Å². The second-order valence-electron chi connectivity index (χ2n) is 13.6. The SMILES string of the molecule is COc1cc(C)c2c(c1-c1ccc([C@@H](C)CNC(=O)OC(C)(C)C)cc1)c1c(OC)c(Cl)sc1c(=O)n2COCC[Si](C)(C)C. The van der Waals surface area contributed by atoms with Crippen LogP contribution in [0.15, 0.2) is 35.1 Å². The first kappa shape index (κ1) is 34.8. The topological polar surface area (TPSA) is 88.0 Å². The Kier molecular flexibility index (Phi) is 10.6. The van der Waals surface area contributed by atoms with E-state index in [2.05, 4.69) is 31.9 Å². The van der Waals surface area contributed by atoms with Crippen molar-refractivity contribution in [2.45, 2.75) is 78.6 Å². The summed E-state index contributed by atoms with van der Waals surface area (Å²) in [6, 6.07) is 11.1. The number of ether oxygens (including phenoxy) is 4. The van der Waals surface area contributed by atoms with Gasteiger partial charge < -0.3 is 24.3 Å². The number of benzene rings is 2. The van der Waals surface area contributed by atoms with Gasteiger partial charge in [-0.15, -0.1) is 11.3 Å². The zero-order valence-corrected chi connectivity index (χ0v) is 30.5. The summed E-state index contributed by atoms with van der Waals surface area (Å²) >= 11 is 7.89. The van der Waals surface area contributed by atoms with E-state index in [0.717, 1.165) is 39.2 Å². The summed E-state index contributed by atoms with van der Waals surface area (Å²) in [7, 11) is 1.90. The number of aryl methyl sites for hydroxylation is 1. The Morgan fingerprint density at radius 3 is 2.33 bits per heavy atom. The number of amides is 1. The van der Waals surface area contributed by atoms with Gasteiger partial charge in [0.15, 0.2) is 5.75 Å². The van der Waals surface area contributed by atoms with Gasteiger partial charge in [0.1, 0.15) is 27.1 Å². The van der Waals surface area contributed by atoms with Crippen LogP contribution in [-0.4, -0.2) is 51.7 Å². The number of carbonyl (C=O) groups is 1. The van der Waals surface area contributed by atoms with Gasteiger partial charge in [-0.1, -0.05) is 62.4 Å². The van der Waals surface area contributed by atoms with Crippen LogP contribution < -0.4 is 20.3 Å². The predicted molar refractivity (Wildman–Crippen MR) is 189 cm³/mol. The second kappa shape index (κ2) is 13.7. The minimum Gasteiger partial charge on any atom is -0.496 e. The lowest BCUT2D eigenvalue weighted by molar-refractivity contribution is 0.0525. The molecule has 11 heteroatoms. The number of hydrogen-bond acceptors (Lipinski definition) is 7. The van der Waals surface area contributed by atoms with Crippen LogP contribution in [0.2, 0.25) is 30.0 Å². The van der Waals surface area contributed by atoms with E-state index in [-0.39, 0.29) is 18.2 Å². The summed E-state index contributed by atoms with van der Waals surface area (Å²) in [5, 5.41) is 4.35. The number of alkyl carbamates (subject to hydrolysis) is 1. The number of thiophene rings is 1. The van der Waals surface area contributed by atoms with Gasteiger partial charge in [0.2, 0.25) is 0 Å². The van der Waals surface area contributed by atoms with Crippen molar-refractivity contribution in [1.29, 1.82) is 0 Å². The lowest BCUT2D eigenvalue weighted by atomic mass is 9.92. The Morgan fingerprint density at radius 2 is 1.76 bits per heavy atom. The quantitative estimate of drug-likeness (QED) is 0.127. The van der Waals surface area contributed by atoms with Crippen LogP contribution in [0.1, 0.15) is 44.7 Å². The number of methoxy groups -OCH3 is 2. The number of carbonyl (C=O) groups excluding carboxylic acids is 1. The fraction of sp³-hybridized carbons (Fsp3) is 0.471. The molecule has 45 heavy (non-hydrogen) atoms. The molecule has 0 aliphatic rings. The van der Waals surface area contributed by atoms with E-state index in [9.17, 15) is 9.59 Å². The van der Waals surface area contributed by atoms with Crippen molar-refractivity contribution >= 4 is 58.1 Å². The summed E-state index contributed by atoms with van der Waals surface area (Å²) in [5.41, 5.74) is 3.70. The van der Waals surface area contributed by atoms with Crippen LogP contribution in [0.3, 0.4) is 0 Å². The van der Waals surface area contributed by atoms with Gasteiger partial charge in [0.05, 0.1) is 25.1 Å². The van der Waals surface area contributed by atoms with Crippen molar-refractivity contribution in [1.82, 2.24) is 9.88 Å². The Bertz CT molecular complexity index is 1750. The van der Waals surface area contributed by atoms with Gasteiger partial charge in [-0.25, -0.2) is 4.79 Å². The molecule has 4 aromatic rings. The highest BCUT2D eigenvalue weighted by Crippen LogP contribution is 2.49. The molecule has 2 aromatic carbocycles. The highest BCUT2D eigenvalue weighted by atomic mass is 35.5. The van der Waals surface area contributed by atoms with Gasteiger partial charge in [0, 0.05) is 32.2 Å². The third kappa shape index (κ3) is 7.85. The Morgan fingerprint density at radius 1 is 1.09 bits per heavy atom. The third-order valence-electron chi connectivity index (χ3n) is 7.60. The van der Waals surface area contributed by atoms with Crippen molar-refractivity contribution in [2.75, 3.05) is 27.4 Å². The van der Waals surface area contributed by atoms with Crippen LogP contribution in [0, 0.1) is 6.92 Å². The normalized spacial score (nSPS) is 12.9. The first-order valence-corrected chi connectivity index (χ1v) is 20.0. The molecular weight excluding hydrogens is 628 g/mol. The maximum absolute atomic E-state index is 14.0. The summed E-state index contributed by atoms with van der Waals surface area (Å²) in [4.78, 5) is 26.2. The lowest BCUT2D eigenvalue weighted by Crippen LogP contribution is -2.34. The van der Waals surface area contributed by atoms with Crippen LogP contribution in [0.25, 0.3) is 32.1 Å². The highest BCUT2D eigenvalue weighted by Gasteiger charge is 2.26. The van der Waals surface area contributed by atoms with E-state index in [0.29, 0.717) is 39.1 Å². The average molecular weight is 673 g/mol. The maximum atomic E-state index is 14.0. The van der Waals surface area contributed by atoms with Crippen LogP contribution in [-0.2, 0) is 16.2 Å². The smallest absolute Gasteiger partial charge is 0.407 e. The van der Waals surface area contributed by atoms with Gasteiger partial charge >= 0.3 is 6.09 Å². The van der Waals surface area contributed by atoms with E-state index in [1.54, 1.807) is 18.8 Å². The molecule has 0 aliphatic heterocycles. The number of nitrogens with zero attached hydrogens (tertiary/aromatic N) is 1. The standard InChI is InChI=1S/C34H45ClN2O6SSi/c1-20-17-24(40-6)25(23-13-11-22(12-14-23)21(2)18-36-33(39)43-34(3,4)5)26-27-29(41-7)31(35)44-30(27)32(38)37(28(20)26)19-42-15-16-45(8,9)10/h11-14,17,21H,15-16,18-19H2,1-10H3,(H,36,39)/t21-/m0/s1. The second-order valence-corrected chi connectivity index (χ2v) is 20.8. The van der Waals surface area contributed by atoms with Crippen LogP contribution in [0.4, 0.5) is 4.79 Å². The minimum atomic E-state index is -1.31. The number of pyridine rings is 1. The molecule has 0 saturated carbocycles. The number of aromatic nitrogens is 1. The van der Waals surface area contributed by atoms with Crippen molar-refractivity contribution in [3.63, 3.8) is 0 Å². The molecule has 0 fully saturated rings. The average Bonchev–Trinajstić information content (AvgIpc) is 3.30. The summed E-state index contributed by atoms with van der Waals surface area (Å²) in [6.07, 6.45) is -0.440. The summed E-state index contributed by atoms with van der Waals surface area (Å²) in [6.45, 7) is 17.6. The van der Waals surface area contributed by atoms with Crippen molar-refractivity contribution < 1.29 is 23.7 Å². The number of halogens is 1. The van der Waals surface area contributed by atoms with E-state index in [4.69, 9.17) is 30.5 Å². The summed E-state index contributed by atoms with van der Waals surface area (Å²) < 4.78 is 25.9. The Hall–Kier alpha value is -3.05. The molecule has 0 unspecified atom stereocenters. The molecule has 4 rings (SSSR count). The molecule has 0 radical (unpaired) electrons. The van der Waals surface area contributed by atoms with E-state index < -0.39 is 19.8 Å². The van der Waals surface area contributed by atoms with Crippen LogP contribution in [0.5, 0.6) is 11.5 Å². The number of nitrogens with one attached hydrogen (secondary N) is 1. The molecule has 244 valence electrons. The van der Waals surface area contributed by atoms with Gasteiger partial charge in [-0.2, -0.15) is 0 Å². The molecule has 2 heterocycles. The van der Waals surface area contributed by atoms with E-state index >= 15 is 0 Å². The molecule has 2 aromatic heterocycles. The van der Waals surface area contributed by atoms with Crippen molar-refractivity contribution in [3.8, 4) is 22.6 Å². The fourth-order valence-corrected chi connectivity index (χ4v) is 7.40. The predicted octanol–water partition coefficient (Wildman–Crippen LogP) is 8.80. The molecule has 1 amide bonds. The molecule has 8 nitrogen and oxygen atoms in total. The molecule has 0 aliphatic carbocycles. The maximum Gasteiger partial charge on any atom is 0.407 e. The third-order valence-corrected chi connectivity index (χ3v) is 10.7. The zero-order valence-electron chi connectivity index (χ0n) is 28.0. The Balaban J connectivity index is 1.85. The number of fused-ring (bicyclic) bond motifs is 3. The van der Waals surface area contributed by atoms with Gasteiger partial charge in [-0.3, -0.25) is 9.36 Å². The largest absolute Gasteiger partial charge is 0.496 e. The van der Waals surface area contributed by atoms with Crippen LogP contribution >= 0.6 is 22.9 Å². The van der Waals surface area contributed by atoms with Gasteiger partial charge in [-0.05, 0) is 62.4 Å².